The molecule has 1 aromatic rings. The van der Waals surface area contributed by atoms with E-state index in [0.717, 1.165) is 0 Å². The Labute approximate surface area is 110 Å². The van der Waals surface area contributed by atoms with Crippen molar-refractivity contribution >= 4 is 27.5 Å². The summed E-state index contributed by atoms with van der Waals surface area (Å²) in [5, 5.41) is 10.7. The third kappa shape index (κ3) is 4.73. The number of aliphatic carboxylic acids is 1. The van der Waals surface area contributed by atoms with E-state index in [1.54, 1.807) is 17.5 Å². The molecule has 0 saturated carbocycles. The van der Waals surface area contributed by atoms with Crippen LogP contribution in [0.2, 0.25) is 0 Å². The summed E-state index contributed by atoms with van der Waals surface area (Å²) in [5.41, 5.74) is 0. The lowest BCUT2D eigenvalue weighted by Gasteiger charge is -2.14. The highest BCUT2D eigenvalue weighted by molar-refractivity contribution is 7.87. The van der Waals surface area contributed by atoms with Gasteiger partial charge in [0.1, 0.15) is 0 Å². The minimum atomic E-state index is -3.82. The molecular formula is C10H16N2O4S2. The first-order valence-electron chi connectivity index (χ1n) is 5.35. The minimum Gasteiger partial charge on any atom is -0.480 e. The first-order chi connectivity index (χ1) is 8.32. The highest BCUT2D eigenvalue weighted by Gasteiger charge is 2.26. The molecule has 0 spiro atoms. The predicted octanol–water partition coefficient (Wildman–Crippen LogP) is 0.954. The fourth-order valence-corrected chi connectivity index (χ4v) is 3.17. The molecule has 1 aromatic heterocycles. The standard InChI is InChI=1S/C10H16N2O4S2/c1-7(2)6-11-18(15,16)12-9(10(13)14)8-4-3-5-17-8/h3-5,7,9,11-12H,6H2,1-2H3,(H,13,14). The average molecular weight is 292 g/mol. The number of carboxylic acid groups (broad SMARTS) is 1. The maximum absolute atomic E-state index is 11.7. The zero-order valence-electron chi connectivity index (χ0n) is 10.1. The molecule has 0 aromatic carbocycles. The first kappa shape index (κ1) is 15.1. The summed E-state index contributed by atoms with van der Waals surface area (Å²) in [4.78, 5) is 11.5. The summed E-state index contributed by atoms with van der Waals surface area (Å²) in [6.45, 7) is 3.97. The fourth-order valence-electron chi connectivity index (χ4n) is 1.16. The second-order valence-electron chi connectivity index (χ2n) is 4.15. The Morgan fingerprint density at radius 1 is 1.50 bits per heavy atom. The van der Waals surface area contributed by atoms with E-state index in [-0.39, 0.29) is 12.5 Å². The molecule has 0 aliphatic rings. The molecule has 1 rings (SSSR count). The van der Waals surface area contributed by atoms with E-state index in [9.17, 15) is 13.2 Å². The van der Waals surface area contributed by atoms with Crippen molar-refractivity contribution < 1.29 is 18.3 Å². The number of hydrogen-bond donors (Lipinski definition) is 3. The van der Waals surface area contributed by atoms with Gasteiger partial charge in [-0.15, -0.1) is 11.3 Å². The summed E-state index contributed by atoms with van der Waals surface area (Å²) in [7, 11) is -3.82. The van der Waals surface area contributed by atoms with E-state index in [1.807, 2.05) is 13.8 Å². The molecule has 1 atom stereocenters. The van der Waals surface area contributed by atoms with Gasteiger partial charge >= 0.3 is 5.97 Å². The van der Waals surface area contributed by atoms with Crippen LogP contribution in [0.4, 0.5) is 0 Å². The zero-order valence-corrected chi connectivity index (χ0v) is 11.7. The molecule has 6 nitrogen and oxygen atoms in total. The summed E-state index contributed by atoms with van der Waals surface area (Å²) in [5.74, 6) is -1.08. The molecule has 1 unspecified atom stereocenters. The predicted molar refractivity (Wildman–Crippen MR) is 69.6 cm³/mol. The molecule has 0 aliphatic heterocycles. The van der Waals surface area contributed by atoms with E-state index < -0.39 is 22.2 Å². The van der Waals surface area contributed by atoms with Crippen molar-refractivity contribution in [2.45, 2.75) is 19.9 Å². The van der Waals surface area contributed by atoms with Gasteiger partial charge in [-0.1, -0.05) is 19.9 Å². The number of carbonyl (C=O) groups is 1. The lowest BCUT2D eigenvalue weighted by molar-refractivity contribution is -0.139. The molecule has 8 heteroatoms. The molecule has 0 bridgehead atoms. The Morgan fingerprint density at radius 2 is 2.17 bits per heavy atom. The number of nitrogens with one attached hydrogen (secondary N) is 2. The van der Waals surface area contributed by atoms with Crippen molar-refractivity contribution in [3.8, 4) is 0 Å². The number of rotatable bonds is 7. The summed E-state index contributed by atoms with van der Waals surface area (Å²) in [6, 6.07) is 2.00. The Balaban J connectivity index is 2.76. The maximum Gasteiger partial charge on any atom is 0.327 e. The van der Waals surface area contributed by atoms with Crippen LogP contribution in [-0.2, 0) is 15.0 Å². The Bertz CT molecular complexity index is 482. The van der Waals surface area contributed by atoms with Gasteiger partial charge in [-0.05, 0) is 17.4 Å². The van der Waals surface area contributed by atoms with Crippen LogP contribution in [0.1, 0.15) is 24.8 Å². The molecule has 0 saturated heterocycles. The van der Waals surface area contributed by atoms with Gasteiger partial charge < -0.3 is 5.11 Å². The highest BCUT2D eigenvalue weighted by Crippen LogP contribution is 2.19. The molecule has 0 aliphatic carbocycles. The van der Waals surface area contributed by atoms with E-state index in [4.69, 9.17) is 5.11 Å². The molecule has 0 amide bonds. The van der Waals surface area contributed by atoms with Gasteiger partial charge in [0.25, 0.3) is 10.2 Å². The van der Waals surface area contributed by atoms with Crippen LogP contribution in [0, 0.1) is 5.92 Å². The second-order valence-corrected chi connectivity index (χ2v) is 6.66. The average Bonchev–Trinajstić information content (AvgIpc) is 2.76. The number of thiophene rings is 1. The normalized spacial score (nSPS) is 13.7. The highest BCUT2D eigenvalue weighted by atomic mass is 32.2. The maximum atomic E-state index is 11.7. The quantitative estimate of drug-likeness (QED) is 0.697. The molecule has 102 valence electrons. The van der Waals surface area contributed by atoms with Crippen molar-refractivity contribution in [2.75, 3.05) is 6.54 Å². The van der Waals surface area contributed by atoms with Gasteiger partial charge in [0.2, 0.25) is 0 Å². The van der Waals surface area contributed by atoms with Crippen molar-refractivity contribution in [2.24, 2.45) is 5.92 Å². The van der Waals surface area contributed by atoms with Gasteiger partial charge in [0, 0.05) is 11.4 Å². The smallest absolute Gasteiger partial charge is 0.327 e. The second kappa shape index (κ2) is 6.28. The van der Waals surface area contributed by atoms with Crippen LogP contribution < -0.4 is 9.44 Å². The van der Waals surface area contributed by atoms with Crippen molar-refractivity contribution in [3.63, 3.8) is 0 Å². The van der Waals surface area contributed by atoms with Crippen LogP contribution in [0.25, 0.3) is 0 Å². The largest absolute Gasteiger partial charge is 0.480 e. The van der Waals surface area contributed by atoms with Crippen molar-refractivity contribution in [1.82, 2.24) is 9.44 Å². The summed E-state index contributed by atoms with van der Waals surface area (Å²) >= 11 is 1.19. The molecular weight excluding hydrogens is 276 g/mol. The molecule has 0 radical (unpaired) electrons. The van der Waals surface area contributed by atoms with Crippen LogP contribution in [0.3, 0.4) is 0 Å². The zero-order chi connectivity index (χ0) is 13.8. The minimum absolute atomic E-state index is 0.145. The lowest BCUT2D eigenvalue weighted by Crippen LogP contribution is -2.42. The number of hydrogen-bond acceptors (Lipinski definition) is 4. The van der Waals surface area contributed by atoms with E-state index in [0.29, 0.717) is 4.88 Å². The SMILES string of the molecule is CC(C)CNS(=O)(=O)NC(C(=O)O)c1cccs1. The van der Waals surface area contributed by atoms with Gasteiger partial charge in [0.05, 0.1) is 0 Å². The fraction of sp³-hybridized carbons (Fsp3) is 0.500. The monoisotopic (exact) mass is 292 g/mol. The van der Waals surface area contributed by atoms with E-state index >= 15 is 0 Å². The lowest BCUT2D eigenvalue weighted by atomic mass is 10.2. The van der Waals surface area contributed by atoms with Crippen LogP contribution in [0.5, 0.6) is 0 Å². The third-order valence-electron chi connectivity index (χ3n) is 2.03. The molecule has 0 fully saturated rings. The van der Waals surface area contributed by atoms with Gasteiger partial charge in [0.15, 0.2) is 6.04 Å². The van der Waals surface area contributed by atoms with Gasteiger partial charge in [-0.3, -0.25) is 4.79 Å². The van der Waals surface area contributed by atoms with Crippen LogP contribution in [-0.4, -0.2) is 26.0 Å². The summed E-state index contributed by atoms with van der Waals surface area (Å²) in [6.07, 6.45) is 0. The van der Waals surface area contributed by atoms with Gasteiger partial charge in [-0.25, -0.2) is 4.72 Å². The Kier molecular flexibility index (Phi) is 5.27. The van der Waals surface area contributed by atoms with Crippen LogP contribution in [0.15, 0.2) is 17.5 Å². The molecule has 1 heterocycles. The first-order valence-corrected chi connectivity index (χ1v) is 7.71. The van der Waals surface area contributed by atoms with Crippen molar-refractivity contribution in [1.29, 1.82) is 0 Å². The van der Waals surface area contributed by atoms with E-state index in [2.05, 4.69) is 9.44 Å². The molecule has 3 N–H and O–H groups in total. The Hall–Kier alpha value is -0.960. The Morgan fingerprint density at radius 3 is 2.61 bits per heavy atom. The summed E-state index contributed by atoms with van der Waals surface area (Å²) < 4.78 is 27.8. The van der Waals surface area contributed by atoms with E-state index in [1.165, 1.54) is 11.3 Å². The third-order valence-corrected chi connectivity index (χ3v) is 4.06. The molecule has 18 heavy (non-hydrogen) atoms. The number of carboxylic acids is 1. The van der Waals surface area contributed by atoms with Gasteiger partial charge in [-0.2, -0.15) is 13.1 Å². The van der Waals surface area contributed by atoms with Crippen molar-refractivity contribution in [3.05, 3.63) is 22.4 Å². The topological polar surface area (TPSA) is 95.5 Å². The van der Waals surface area contributed by atoms with Crippen LogP contribution >= 0.6 is 11.3 Å².